The average molecular weight is 142 g/mol. The largest absolute Gasteiger partial charge is 0.377 e. The molecule has 1 aliphatic heterocycles. The van der Waals surface area contributed by atoms with Crippen LogP contribution in [0.15, 0.2) is 0 Å². The van der Waals surface area contributed by atoms with Gasteiger partial charge in [-0.25, -0.2) is 0 Å². The Balaban J connectivity index is 2.43. The van der Waals surface area contributed by atoms with Crippen molar-refractivity contribution in [2.24, 2.45) is 11.3 Å². The highest BCUT2D eigenvalue weighted by Gasteiger charge is 2.33. The van der Waals surface area contributed by atoms with Gasteiger partial charge in [-0.1, -0.05) is 27.7 Å². The Kier molecular flexibility index (Phi) is 2.04. The smallest absolute Gasteiger partial charge is 0.0604 e. The van der Waals surface area contributed by atoms with E-state index in [9.17, 15) is 0 Å². The first-order chi connectivity index (χ1) is 4.51. The van der Waals surface area contributed by atoms with Crippen LogP contribution in [0.25, 0.3) is 0 Å². The molecule has 60 valence electrons. The molecular formula is C9H18O. The normalized spacial score (nSPS) is 31.5. The van der Waals surface area contributed by atoms with Crippen LogP contribution in [0.2, 0.25) is 0 Å². The zero-order valence-corrected chi connectivity index (χ0v) is 7.48. The molecule has 0 aromatic carbocycles. The molecule has 1 unspecified atom stereocenters. The van der Waals surface area contributed by atoms with Crippen molar-refractivity contribution in [1.82, 2.24) is 0 Å². The summed E-state index contributed by atoms with van der Waals surface area (Å²) in [4.78, 5) is 0. The lowest BCUT2D eigenvalue weighted by molar-refractivity contribution is 0.0691. The summed E-state index contributed by atoms with van der Waals surface area (Å²) in [5.74, 6) is 0.682. The van der Waals surface area contributed by atoms with Gasteiger partial charge in [0.15, 0.2) is 0 Å². The monoisotopic (exact) mass is 142 g/mol. The van der Waals surface area contributed by atoms with E-state index >= 15 is 0 Å². The van der Waals surface area contributed by atoms with Crippen molar-refractivity contribution in [1.29, 1.82) is 0 Å². The van der Waals surface area contributed by atoms with Gasteiger partial charge in [0.25, 0.3) is 0 Å². The first kappa shape index (κ1) is 8.06. The predicted octanol–water partition coefficient (Wildman–Crippen LogP) is 2.46. The van der Waals surface area contributed by atoms with E-state index in [0.717, 1.165) is 6.61 Å². The van der Waals surface area contributed by atoms with Gasteiger partial charge in [0.05, 0.1) is 12.7 Å². The third kappa shape index (κ3) is 1.72. The molecule has 0 aromatic heterocycles. The van der Waals surface area contributed by atoms with Crippen molar-refractivity contribution in [3.8, 4) is 0 Å². The zero-order valence-electron chi connectivity index (χ0n) is 7.48. The quantitative estimate of drug-likeness (QED) is 0.546. The molecule has 10 heavy (non-hydrogen) atoms. The maximum absolute atomic E-state index is 5.63. The zero-order chi connectivity index (χ0) is 7.78. The average Bonchev–Trinajstić information content (AvgIpc) is 2.10. The second kappa shape index (κ2) is 2.54. The lowest BCUT2D eigenvalue weighted by Crippen LogP contribution is -2.14. The predicted molar refractivity (Wildman–Crippen MR) is 43.0 cm³/mol. The number of rotatable bonds is 1. The van der Waals surface area contributed by atoms with E-state index in [1.54, 1.807) is 0 Å². The summed E-state index contributed by atoms with van der Waals surface area (Å²) in [6.07, 6.45) is 1.74. The molecule has 1 atom stereocenters. The van der Waals surface area contributed by atoms with Crippen molar-refractivity contribution in [3.05, 3.63) is 0 Å². The molecule has 1 saturated heterocycles. The van der Waals surface area contributed by atoms with Gasteiger partial charge in [-0.2, -0.15) is 0 Å². The first-order valence-electron chi connectivity index (χ1n) is 4.13. The Morgan fingerprint density at radius 2 is 2.00 bits per heavy atom. The Bertz CT molecular complexity index is 116. The van der Waals surface area contributed by atoms with E-state index in [1.165, 1.54) is 6.42 Å². The van der Waals surface area contributed by atoms with Crippen LogP contribution in [0.4, 0.5) is 0 Å². The molecule has 0 radical (unpaired) electrons. The van der Waals surface area contributed by atoms with Crippen LogP contribution in [0.3, 0.4) is 0 Å². The molecule has 1 heteroatoms. The van der Waals surface area contributed by atoms with Crippen LogP contribution in [0, 0.1) is 11.3 Å². The van der Waals surface area contributed by atoms with E-state index in [1.807, 2.05) is 0 Å². The molecule has 0 bridgehead atoms. The summed E-state index contributed by atoms with van der Waals surface area (Å²) in [5.41, 5.74) is 0.426. The van der Waals surface area contributed by atoms with Crippen LogP contribution in [-0.4, -0.2) is 12.7 Å². The lowest BCUT2D eigenvalue weighted by Gasteiger charge is -2.15. The molecule has 1 aliphatic rings. The lowest BCUT2D eigenvalue weighted by atomic mass is 9.88. The summed E-state index contributed by atoms with van der Waals surface area (Å²) in [6, 6.07) is 0. The van der Waals surface area contributed by atoms with E-state index in [4.69, 9.17) is 4.74 Å². The second-order valence-electron chi connectivity index (χ2n) is 4.46. The van der Waals surface area contributed by atoms with Gasteiger partial charge in [-0.05, 0) is 17.8 Å². The standard InChI is InChI=1S/C9H18O/c1-7(2)8-5-9(3,4)6-10-8/h7-8H,5-6H2,1-4H3. The topological polar surface area (TPSA) is 9.23 Å². The van der Waals surface area contributed by atoms with Gasteiger partial charge in [0, 0.05) is 0 Å². The maximum Gasteiger partial charge on any atom is 0.0604 e. The molecule has 1 heterocycles. The van der Waals surface area contributed by atoms with Crippen LogP contribution in [0.5, 0.6) is 0 Å². The minimum absolute atomic E-state index is 0.426. The molecule has 0 aromatic rings. The molecule has 1 rings (SSSR count). The van der Waals surface area contributed by atoms with Gasteiger partial charge in [0.2, 0.25) is 0 Å². The SMILES string of the molecule is CC(C)C1CC(C)(C)CO1. The highest BCUT2D eigenvalue weighted by molar-refractivity contribution is 4.81. The van der Waals surface area contributed by atoms with Crippen LogP contribution < -0.4 is 0 Å². The van der Waals surface area contributed by atoms with Gasteiger partial charge < -0.3 is 4.74 Å². The van der Waals surface area contributed by atoms with Crippen molar-refractivity contribution in [3.63, 3.8) is 0 Å². The Morgan fingerprint density at radius 1 is 1.40 bits per heavy atom. The van der Waals surface area contributed by atoms with Crippen LogP contribution >= 0.6 is 0 Å². The summed E-state index contributed by atoms with van der Waals surface area (Å²) >= 11 is 0. The summed E-state index contributed by atoms with van der Waals surface area (Å²) in [5, 5.41) is 0. The molecule has 0 aliphatic carbocycles. The summed E-state index contributed by atoms with van der Waals surface area (Å²) in [7, 11) is 0. The van der Waals surface area contributed by atoms with E-state index in [2.05, 4.69) is 27.7 Å². The van der Waals surface area contributed by atoms with Crippen molar-refractivity contribution >= 4 is 0 Å². The van der Waals surface area contributed by atoms with Crippen molar-refractivity contribution in [2.45, 2.75) is 40.2 Å². The van der Waals surface area contributed by atoms with Gasteiger partial charge in [-0.15, -0.1) is 0 Å². The Hall–Kier alpha value is -0.0400. The molecule has 1 fully saturated rings. The van der Waals surface area contributed by atoms with Gasteiger partial charge in [0.1, 0.15) is 0 Å². The maximum atomic E-state index is 5.63. The van der Waals surface area contributed by atoms with E-state index in [0.29, 0.717) is 17.4 Å². The fraction of sp³-hybridized carbons (Fsp3) is 1.00. The van der Waals surface area contributed by atoms with Gasteiger partial charge in [-0.3, -0.25) is 0 Å². The van der Waals surface area contributed by atoms with Crippen LogP contribution in [-0.2, 0) is 4.74 Å². The minimum Gasteiger partial charge on any atom is -0.377 e. The fourth-order valence-corrected chi connectivity index (χ4v) is 1.42. The van der Waals surface area contributed by atoms with Crippen molar-refractivity contribution in [2.75, 3.05) is 6.61 Å². The first-order valence-corrected chi connectivity index (χ1v) is 4.13. The molecule has 0 saturated carbocycles. The minimum atomic E-state index is 0.426. The fourth-order valence-electron chi connectivity index (χ4n) is 1.42. The van der Waals surface area contributed by atoms with E-state index < -0.39 is 0 Å². The number of hydrogen-bond donors (Lipinski definition) is 0. The molecule has 0 amide bonds. The van der Waals surface area contributed by atoms with E-state index in [-0.39, 0.29) is 0 Å². The van der Waals surface area contributed by atoms with Gasteiger partial charge >= 0.3 is 0 Å². The number of hydrogen-bond acceptors (Lipinski definition) is 1. The van der Waals surface area contributed by atoms with Crippen molar-refractivity contribution < 1.29 is 4.74 Å². The molecular weight excluding hydrogens is 124 g/mol. The summed E-state index contributed by atoms with van der Waals surface area (Å²) < 4.78 is 5.63. The second-order valence-corrected chi connectivity index (χ2v) is 4.46. The van der Waals surface area contributed by atoms with Crippen LogP contribution in [0.1, 0.15) is 34.1 Å². The molecule has 1 nitrogen and oxygen atoms in total. The Morgan fingerprint density at radius 3 is 2.20 bits per heavy atom. The molecule has 0 N–H and O–H groups in total. The Labute approximate surface area is 63.8 Å². The summed E-state index contributed by atoms with van der Waals surface area (Å²) in [6.45, 7) is 9.94. The highest BCUT2D eigenvalue weighted by atomic mass is 16.5. The molecule has 0 spiro atoms. The third-order valence-electron chi connectivity index (χ3n) is 2.19. The highest BCUT2D eigenvalue weighted by Crippen LogP contribution is 2.34. The third-order valence-corrected chi connectivity index (χ3v) is 2.19. The number of ether oxygens (including phenoxy) is 1.